The number of sulfonamides is 1. The molecule has 1 heterocycles. The van der Waals surface area contributed by atoms with Gasteiger partial charge in [-0.05, 0) is 44.2 Å². The maximum absolute atomic E-state index is 13.1. The van der Waals surface area contributed by atoms with Crippen molar-refractivity contribution in [3.63, 3.8) is 0 Å². The Morgan fingerprint density at radius 3 is 2.52 bits per heavy atom. The van der Waals surface area contributed by atoms with Gasteiger partial charge in [0.2, 0.25) is 10.0 Å². The fraction of sp³-hybridized carbons (Fsp3) is 0.611. The largest absolute Gasteiger partial charge is 0.481 e. The molecule has 2 N–H and O–H groups in total. The van der Waals surface area contributed by atoms with Crippen LogP contribution in [-0.4, -0.2) is 48.1 Å². The molecule has 138 valence electrons. The monoisotopic (exact) mass is 367 g/mol. The summed E-state index contributed by atoms with van der Waals surface area (Å²) in [7, 11) is -3.79. The summed E-state index contributed by atoms with van der Waals surface area (Å²) >= 11 is 0. The first-order chi connectivity index (χ1) is 11.7. The normalized spacial score (nSPS) is 28.0. The molecule has 0 radical (unpaired) electrons. The van der Waals surface area contributed by atoms with Gasteiger partial charge in [0, 0.05) is 13.1 Å². The lowest BCUT2D eigenvalue weighted by Gasteiger charge is -2.43. The average Bonchev–Trinajstić information content (AvgIpc) is 3.32. The average molecular weight is 367 g/mol. The molecular weight excluding hydrogens is 342 g/mol. The lowest BCUT2D eigenvalue weighted by Crippen LogP contribution is -2.57. The zero-order valence-electron chi connectivity index (χ0n) is 14.6. The van der Waals surface area contributed by atoms with Crippen LogP contribution in [0.3, 0.4) is 0 Å². The van der Waals surface area contributed by atoms with Crippen LogP contribution in [-0.2, 0) is 14.8 Å². The Hall–Kier alpha value is -1.44. The van der Waals surface area contributed by atoms with Crippen molar-refractivity contribution in [1.29, 1.82) is 0 Å². The quantitative estimate of drug-likeness (QED) is 0.829. The van der Waals surface area contributed by atoms with Crippen LogP contribution >= 0.6 is 0 Å². The molecule has 1 aromatic carbocycles. The molecule has 1 aliphatic heterocycles. The molecule has 25 heavy (non-hydrogen) atoms. The number of nitrogens with zero attached hydrogens (tertiary/aromatic N) is 1. The summed E-state index contributed by atoms with van der Waals surface area (Å²) in [5, 5.41) is 20.2. The SMILES string of the molecule is Cc1ccc(S(=O)(=O)N2CC[C@H](O)[C@@](CC3CC3)(C(=O)O)C2)c(C)c1. The van der Waals surface area contributed by atoms with Crippen molar-refractivity contribution in [2.24, 2.45) is 11.3 Å². The van der Waals surface area contributed by atoms with E-state index in [0.29, 0.717) is 12.0 Å². The van der Waals surface area contributed by atoms with Crippen LogP contribution in [0.25, 0.3) is 0 Å². The van der Waals surface area contributed by atoms with Gasteiger partial charge in [-0.2, -0.15) is 4.31 Å². The van der Waals surface area contributed by atoms with E-state index in [9.17, 15) is 23.4 Å². The first kappa shape index (κ1) is 18.4. The second-order valence-corrected chi connectivity index (χ2v) is 9.43. The Kier molecular flexibility index (Phi) is 4.68. The van der Waals surface area contributed by atoms with Gasteiger partial charge >= 0.3 is 5.97 Å². The molecule has 0 unspecified atom stereocenters. The van der Waals surface area contributed by atoms with Gasteiger partial charge in [0.25, 0.3) is 0 Å². The molecule has 1 saturated carbocycles. The minimum Gasteiger partial charge on any atom is -0.481 e. The van der Waals surface area contributed by atoms with Gasteiger partial charge in [-0.1, -0.05) is 30.5 Å². The minimum absolute atomic E-state index is 0.135. The molecule has 1 aliphatic carbocycles. The molecular formula is C18H25NO5S. The molecule has 2 aliphatic rings. The van der Waals surface area contributed by atoms with Crippen LogP contribution in [0.15, 0.2) is 23.1 Å². The minimum atomic E-state index is -3.79. The number of aliphatic hydroxyl groups excluding tert-OH is 1. The molecule has 0 aromatic heterocycles. The van der Waals surface area contributed by atoms with Crippen LogP contribution in [0.5, 0.6) is 0 Å². The van der Waals surface area contributed by atoms with Crippen molar-refractivity contribution in [3.05, 3.63) is 29.3 Å². The van der Waals surface area contributed by atoms with E-state index in [0.717, 1.165) is 18.4 Å². The van der Waals surface area contributed by atoms with Gasteiger partial charge in [0.15, 0.2) is 0 Å². The lowest BCUT2D eigenvalue weighted by atomic mass is 9.74. The molecule has 6 nitrogen and oxygen atoms in total. The zero-order valence-corrected chi connectivity index (χ0v) is 15.4. The van der Waals surface area contributed by atoms with E-state index >= 15 is 0 Å². The van der Waals surface area contributed by atoms with E-state index in [-0.39, 0.29) is 30.3 Å². The number of carbonyl (C=O) groups is 1. The Morgan fingerprint density at radius 1 is 1.28 bits per heavy atom. The number of piperidine rings is 1. The van der Waals surface area contributed by atoms with Crippen molar-refractivity contribution in [2.75, 3.05) is 13.1 Å². The number of hydrogen-bond acceptors (Lipinski definition) is 4. The number of aliphatic carboxylic acids is 1. The van der Waals surface area contributed by atoms with Crippen LogP contribution < -0.4 is 0 Å². The lowest BCUT2D eigenvalue weighted by molar-refractivity contribution is -0.162. The maximum Gasteiger partial charge on any atom is 0.313 e. The molecule has 3 rings (SSSR count). The van der Waals surface area contributed by atoms with E-state index in [2.05, 4.69) is 0 Å². The summed E-state index contributed by atoms with van der Waals surface area (Å²) in [5.74, 6) is -0.832. The third kappa shape index (κ3) is 3.32. The van der Waals surface area contributed by atoms with Crippen LogP contribution in [0.2, 0.25) is 0 Å². The predicted octanol–water partition coefficient (Wildman–Crippen LogP) is 1.93. The van der Waals surface area contributed by atoms with Gasteiger partial charge in [0.1, 0.15) is 5.41 Å². The number of aryl methyl sites for hydroxylation is 2. The number of carboxylic acid groups (broad SMARTS) is 1. The predicted molar refractivity (Wildman–Crippen MR) is 92.7 cm³/mol. The first-order valence-corrected chi connectivity index (χ1v) is 10.1. The number of carboxylic acids is 1. The molecule has 7 heteroatoms. The smallest absolute Gasteiger partial charge is 0.313 e. The van der Waals surface area contributed by atoms with Crippen molar-refractivity contribution < 1.29 is 23.4 Å². The fourth-order valence-electron chi connectivity index (χ4n) is 3.81. The summed E-state index contributed by atoms with van der Waals surface area (Å²) in [4.78, 5) is 12.2. The third-order valence-corrected chi connectivity index (χ3v) is 7.48. The highest BCUT2D eigenvalue weighted by molar-refractivity contribution is 7.89. The maximum atomic E-state index is 13.1. The summed E-state index contributed by atoms with van der Waals surface area (Å²) in [6.07, 6.45) is 1.36. The van der Waals surface area contributed by atoms with Crippen LogP contribution in [0, 0.1) is 25.2 Å². The number of rotatable bonds is 5. The summed E-state index contributed by atoms with van der Waals surface area (Å²) in [5.41, 5.74) is 0.207. The van der Waals surface area contributed by atoms with Crippen molar-refractivity contribution in [2.45, 2.75) is 50.5 Å². The number of aliphatic hydroxyl groups is 1. The molecule has 2 atom stereocenters. The van der Waals surface area contributed by atoms with Gasteiger partial charge in [0.05, 0.1) is 11.0 Å². The standard InChI is InChI=1S/C18H25NO5S/c1-12-3-6-15(13(2)9-12)25(23,24)19-8-7-16(20)18(11-19,17(21)22)10-14-4-5-14/h3,6,9,14,16,20H,4-5,7-8,10-11H2,1-2H3,(H,21,22)/t16-,18-/m0/s1. The Morgan fingerprint density at radius 2 is 1.96 bits per heavy atom. The highest BCUT2D eigenvalue weighted by Gasteiger charge is 2.53. The van der Waals surface area contributed by atoms with E-state index in [4.69, 9.17) is 0 Å². The van der Waals surface area contributed by atoms with Gasteiger partial charge in [-0.3, -0.25) is 4.79 Å². The van der Waals surface area contributed by atoms with Crippen LogP contribution in [0.1, 0.15) is 36.8 Å². The Balaban J connectivity index is 1.95. The summed E-state index contributed by atoms with van der Waals surface area (Å²) in [6.45, 7) is 3.60. The second kappa shape index (κ2) is 6.37. The van der Waals surface area contributed by atoms with E-state index in [1.165, 1.54) is 4.31 Å². The Labute approximate surface area is 148 Å². The Bertz CT molecular complexity index is 787. The van der Waals surface area contributed by atoms with Gasteiger partial charge in [-0.25, -0.2) is 8.42 Å². The van der Waals surface area contributed by atoms with Crippen molar-refractivity contribution in [1.82, 2.24) is 4.31 Å². The van der Waals surface area contributed by atoms with Crippen LogP contribution in [0.4, 0.5) is 0 Å². The van der Waals surface area contributed by atoms with E-state index < -0.39 is 27.5 Å². The zero-order chi connectivity index (χ0) is 18.4. The number of hydrogen-bond donors (Lipinski definition) is 2. The molecule has 0 bridgehead atoms. The van der Waals surface area contributed by atoms with Gasteiger partial charge in [-0.15, -0.1) is 0 Å². The molecule has 1 aromatic rings. The van der Waals surface area contributed by atoms with Crippen molar-refractivity contribution >= 4 is 16.0 Å². The molecule has 2 fully saturated rings. The van der Waals surface area contributed by atoms with Crippen molar-refractivity contribution in [3.8, 4) is 0 Å². The topological polar surface area (TPSA) is 94.9 Å². The van der Waals surface area contributed by atoms with E-state index in [1.807, 2.05) is 6.92 Å². The fourth-order valence-corrected chi connectivity index (χ4v) is 5.54. The highest BCUT2D eigenvalue weighted by Crippen LogP contribution is 2.46. The summed E-state index contributed by atoms with van der Waals surface area (Å²) < 4.78 is 27.4. The molecule has 0 amide bonds. The second-order valence-electron chi connectivity index (χ2n) is 7.52. The first-order valence-electron chi connectivity index (χ1n) is 8.66. The third-order valence-electron chi connectivity index (χ3n) is 5.47. The number of benzene rings is 1. The summed E-state index contributed by atoms with van der Waals surface area (Å²) in [6, 6.07) is 5.13. The molecule has 0 spiro atoms. The highest BCUT2D eigenvalue weighted by atomic mass is 32.2. The van der Waals surface area contributed by atoms with E-state index in [1.54, 1.807) is 25.1 Å². The molecule has 1 saturated heterocycles. The van der Waals surface area contributed by atoms with Gasteiger partial charge < -0.3 is 10.2 Å².